The monoisotopic (exact) mass is 445 g/mol. The molecule has 0 aromatic heterocycles. The number of ether oxygens (including phenoxy) is 1. The van der Waals surface area contributed by atoms with Crippen LogP contribution < -0.4 is 5.32 Å². The molecule has 2 aromatic carbocycles. The molecule has 0 aliphatic rings. The third-order valence-electron chi connectivity index (χ3n) is 3.65. The van der Waals surface area contributed by atoms with Gasteiger partial charge in [-0.2, -0.15) is 8.78 Å². The van der Waals surface area contributed by atoms with Gasteiger partial charge in [0.05, 0.1) is 26.2 Å². The van der Waals surface area contributed by atoms with Crippen LogP contribution in [0.4, 0.5) is 14.5 Å². The van der Waals surface area contributed by atoms with Gasteiger partial charge in [-0.05, 0) is 36.4 Å². The number of benzene rings is 2. The molecule has 0 spiro atoms. The number of alkyl halides is 2. The summed E-state index contributed by atoms with van der Waals surface area (Å²) in [5.41, 5.74) is 0.216. The highest BCUT2D eigenvalue weighted by Crippen LogP contribution is 2.20. The molecule has 0 bridgehead atoms. The Balaban J connectivity index is 1.99. The van der Waals surface area contributed by atoms with Crippen LogP contribution in [0.3, 0.4) is 0 Å². The normalized spacial score (nSPS) is 12.4. The van der Waals surface area contributed by atoms with Gasteiger partial charge in [0.2, 0.25) is 9.84 Å². The van der Waals surface area contributed by atoms with E-state index in [2.05, 4.69) is 5.32 Å². The van der Waals surface area contributed by atoms with Gasteiger partial charge in [-0.15, -0.1) is 0 Å². The number of carbonyl (C=O) groups is 2. The quantitative estimate of drug-likeness (QED) is 0.626. The minimum Gasteiger partial charge on any atom is -0.452 e. The SMILES string of the molecule is CCS(=O)c1ccccc1C(=O)OCC(=O)Nc1ccc(S(=O)(=O)C(F)F)cc1. The maximum atomic E-state index is 12.5. The molecule has 1 amide bonds. The Hall–Kier alpha value is -2.66. The third kappa shape index (κ3) is 5.67. The predicted molar refractivity (Wildman–Crippen MR) is 102 cm³/mol. The molecule has 0 aliphatic carbocycles. The minimum absolute atomic E-state index is 0.0852. The van der Waals surface area contributed by atoms with E-state index in [-0.39, 0.29) is 11.3 Å². The average molecular weight is 445 g/mol. The molecule has 1 unspecified atom stereocenters. The van der Waals surface area contributed by atoms with Crippen LogP contribution in [0.15, 0.2) is 58.3 Å². The minimum atomic E-state index is -4.73. The van der Waals surface area contributed by atoms with Gasteiger partial charge >= 0.3 is 11.7 Å². The molecule has 0 saturated heterocycles. The highest BCUT2D eigenvalue weighted by Gasteiger charge is 2.26. The van der Waals surface area contributed by atoms with Crippen molar-refractivity contribution in [3.63, 3.8) is 0 Å². The molecule has 0 fully saturated rings. The summed E-state index contributed by atoms with van der Waals surface area (Å²) in [6.45, 7) is 1.05. The number of esters is 1. The number of anilines is 1. The van der Waals surface area contributed by atoms with E-state index in [1.165, 1.54) is 12.1 Å². The molecule has 0 heterocycles. The first-order valence-corrected chi connectivity index (χ1v) is 11.1. The number of nitrogens with one attached hydrogen (secondary N) is 1. The smallest absolute Gasteiger partial charge is 0.341 e. The summed E-state index contributed by atoms with van der Waals surface area (Å²) in [5, 5.41) is 2.35. The van der Waals surface area contributed by atoms with Gasteiger partial charge in [-0.1, -0.05) is 19.1 Å². The Morgan fingerprint density at radius 3 is 2.31 bits per heavy atom. The number of carbonyl (C=O) groups excluding carboxylic acids is 2. The zero-order valence-corrected chi connectivity index (χ0v) is 16.8. The van der Waals surface area contributed by atoms with E-state index in [1.54, 1.807) is 19.1 Å². The van der Waals surface area contributed by atoms with Crippen LogP contribution in [0, 0.1) is 0 Å². The van der Waals surface area contributed by atoms with Gasteiger partial charge in [-0.25, -0.2) is 13.2 Å². The van der Waals surface area contributed by atoms with Gasteiger partial charge in [0.1, 0.15) is 0 Å². The first-order valence-electron chi connectivity index (χ1n) is 8.23. The molecule has 7 nitrogen and oxygen atoms in total. The van der Waals surface area contributed by atoms with Gasteiger partial charge in [0.15, 0.2) is 6.61 Å². The molecule has 2 aromatic rings. The van der Waals surface area contributed by atoms with Gasteiger partial charge in [-0.3, -0.25) is 9.00 Å². The van der Waals surface area contributed by atoms with Crippen LogP contribution in [0.25, 0.3) is 0 Å². The number of sulfone groups is 1. The van der Waals surface area contributed by atoms with Crippen molar-refractivity contribution in [1.29, 1.82) is 0 Å². The molecular formula is C18H17F2NO6S2. The number of rotatable bonds is 8. The molecule has 2 rings (SSSR count). The Bertz CT molecular complexity index is 1020. The predicted octanol–water partition coefficient (Wildman–Crippen LogP) is 2.61. The number of hydrogen-bond acceptors (Lipinski definition) is 6. The largest absolute Gasteiger partial charge is 0.452 e. The highest BCUT2D eigenvalue weighted by molar-refractivity contribution is 7.91. The van der Waals surface area contributed by atoms with Crippen molar-refractivity contribution in [3.05, 3.63) is 54.1 Å². The third-order valence-corrected chi connectivity index (χ3v) is 6.42. The van der Waals surface area contributed by atoms with Crippen LogP contribution in [0.5, 0.6) is 0 Å². The first-order chi connectivity index (χ1) is 13.7. The van der Waals surface area contributed by atoms with Crippen molar-refractivity contribution >= 4 is 38.2 Å². The fourth-order valence-corrected chi connectivity index (χ4v) is 3.89. The van der Waals surface area contributed by atoms with Crippen molar-refractivity contribution in [2.75, 3.05) is 17.7 Å². The molecule has 0 saturated carbocycles. The molecule has 29 heavy (non-hydrogen) atoms. The first kappa shape index (κ1) is 22.6. The second-order valence-corrected chi connectivity index (χ2v) is 9.21. The van der Waals surface area contributed by atoms with Crippen LogP contribution in [0.1, 0.15) is 17.3 Å². The lowest BCUT2D eigenvalue weighted by molar-refractivity contribution is -0.119. The maximum absolute atomic E-state index is 12.5. The van der Waals surface area contributed by atoms with Crippen LogP contribution in [-0.4, -0.2) is 42.6 Å². The number of halogens is 2. The zero-order valence-electron chi connectivity index (χ0n) is 15.1. The van der Waals surface area contributed by atoms with E-state index in [4.69, 9.17) is 4.74 Å². The van der Waals surface area contributed by atoms with E-state index < -0.39 is 49.8 Å². The van der Waals surface area contributed by atoms with Gasteiger partial charge in [0, 0.05) is 11.4 Å². The van der Waals surface area contributed by atoms with Crippen molar-refractivity contribution in [3.8, 4) is 0 Å². The average Bonchev–Trinajstić information content (AvgIpc) is 2.71. The summed E-state index contributed by atoms with van der Waals surface area (Å²) in [4.78, 5) is 23.8. The van der Waals surface area contributed by atoms with Crippen LogP contribution >= 0.6 is 0 Å². The summed E-state index contributed by atoms with van der Waals surface area (Å²) < 4.78 is 64.6. The van der Waals surface area contributed by atoms with Crippen LogP contribution in [-0.2, 0) is 30.2 Å². The summed E-state index contributed by atoms with van der Waals surface area (Å²) in [6, 6.07) is 10.3. The van der Waals surface area contributed by atoms with E-state index in [0.717, 1.165) is 24.3 Å². The molecule has 1 N–H and O–H groups in total. The highest BCUT2D eigenvalue weighted by atomic mass is 32.2. The standard InChI is InChI=1S/C18H17F2NO6S2/c1-2-28(24)15-6-4-3-5-14(15)17(23)27-11-16(22)21-12-7-9-13(10-8-12)29(25,26)18(19)20/h3-10,18H,2,11H2,1H3,(H,21,22). The lowest BCUT2D eigenvalue weighted by Gasteiger charge is -2.10. The Morgan fingerprint density at radius 1 is 1.10 bits per heavy atom. The second-order valence-electron chi connectivity index (χ2n) is 5.58. The Kier molecular flexibility index (Phi) is 7.57. The van der Waals surface area contributed by atoms with E-state index in [1.807, 2.05) is 0 Å². The lowest BCUT2D eigenvalue weighted by atomic mass is 10.2. The molecule has 1 atom stereocenters. The van der Waals surface area contributed by atoms with Crippen LogP contribution in [0.2, 0.25) is 0 Å². The summed E-state index contributed by atoms with van der Waals surface area (Å²) in [5.74, 6) is -4.79. The van der Waals surface area contributed by atoms with Crippen molar-refractivity contribution in [2.24, 2.45) is 0 Å². The summed E-state index contributed by atoms with van der Waals surface area (Å²) >= 11 is 0. The fraction of sp³-hybridized carbons (Fsp3) is 0.222. The molecule has 156 valence electrons. The fourth-order valence-electron chi connectivity index (χ4n) is 2.23. The number of hydrogen-bond donors (Lipinski definition) is 1. The summed E-state index contributed by atoms with van der Waals surface area (Å²) in [6.07, 6.45) is 0. The topological polar surface area (TPSA) is 107 Å². The summed E-state index contributed by atoms with van der Waals surface area (Å²) in [7, 11) is -6.11. The molecule has 11 heteroatoms. The van der Waals surface area contributed by atoms with E-state index in [0.29, 0.717) is 10.6 Å². The van der Waals surface area contributed by atoms with Crippen molar-refractivity contribution in [1.82, 2.24) is 0 Å². The van der Waals surface area contributed by atoms with E-state index >= 15 is 0 Å². The van der Waals surface area contributed by atoms with Gasteiger partial charge in [0.25, 0.3) is 5.91 Å². The molecule has 0 aliphatic heterocycles. The Labute approximate surface area is 168 Å². The van der Waals surface area contributed by atoms with Crippen molar-refractivity contribution < 1.29 is 35.7 Å². The number of amides is 1. The van der Waals surface area contributed by atoms with Gasteiger partial charge < -0.3 is 10.1 Å². The Morgan fingerprint density at radius 2 is 1.72 bits per heavy atom. The van der Waals surface area contributed by atoms with E-state index in [9.17, 15) is 31.0 Å². The zero-order chi connectivity index (χ0) is 21.6. The van der Waals surface area contributed by atoms with Crippen molar-refractivity contribution in [2.45, 2.75) is 22.5 Å². The maximum Gasteiger partial charge on any atom is 0.341 e. The molecular weight excluding hydrogens is 428 g/mol. The molecule has 0 radical (unpaired) electrons. The lowest BCUT2D eigenvalue weighted by Crippen LogP contribution is -2.21. The second kappa shape index (κ2) is 9.70.